The maximum Gasteiger partial charge on any atom is 0.408 e. The zero-order chi connectivity index (χ0) is 20.5. The van der Waals surface area contributed by atoms with E-state index in [9.17, 15) is 9.70 Å². The van der Waals surface area contributed by atoms with Gasteiger partial charge in [0.15, 0.2) is 0 Å². The van der Waals surface area contributed by atoms with Crippen molar-refractivity contribution in [1.29, 1.82) is 0 Å². The van der Waals surface area contributed by atoms with E-state index in [1.54, 1.807) is 31.4 Å². The average molecular weight is 390 g/mol. The first-order valence-corrected chi connectivity index (χ1v) is 9.20. The minimum Gasteiger partial charge on any atom is -0.497 e. The number of alkyl carbamates (subject to hydrolysis) is 1. The molecule has 1 amide bonds. The van der Waals surface area contributed by atoms with Crippen molar-refractivity contribution in [2.45, 2.75) is 18.7 Å². The highest BCUT2D eigenvalue weighted by molar-refractivity contribution is 5.68. The fourth-order valence-corrected chi connectivity index (χ4v) is 3.01. The Balaban J connectivity index is 1.79. The summed E-state index contributed by atoms with van der Waals surface area (Å²) in [5, 5.41) is 6.10. The Morgan fingerprint density at radius 2 is 1.52 bits per heavy atom. The molecule has 0 heterocycles. The zero-order valence-corrected chi connectivity index (χ0v) is 16.0. The van der Waals surface area contributed by atoms with Crippen LogP contribution in [0.2, 0.25) is 0 Å². The number of nitroso groups, excluding NO2 is 1. The molecule has 1 unspecified atom stereocenters. The van der Waals surface area contributed by atoms with Crippen LogP contribution in [0, 0.1) is 4.91 Å². The molecule has 29 heavy (non-hydrogen) atoms. The molecule has 0 aliphatic heterocycles. The summed E-state index contributed by atoms with van der Waals surface area (Å²) in [5.74, 6) is 0.671. The van der Waals surface area contributed by atoms with Gasteiger partial charge in [0.05, 0.1) is 13.2 Å². The van der Waals surface area contributed by atoms with E-state index in [0.29, 0.717) is 11.3 Å². The van der Waals surface area contributed by atoms with E-state index >= 15 is 0 Å². The Hall–Kier alpha value is -3.67. The average Bonchev–Trinajstić information content (AvgIpc) is 2.79. The SMILES string of the molecule is COc1ccc(C(N=O)[C@@H](NC(=O)OCc2ccccc2)c2ccccc2)cc1. The molecule has 0 bridgehead atoms. The fourth-order valence-electron chi connectivity index (χ4n) is 3.01. The molecule has 0 saturated carbocycles. The molecule has 0 radical (unpaired) electrons. The maximum absolute atomic E-state index is 12.5. The van der Waals surface area contributed by atoms with E-state index < -0.39 is 18.2 Å². The lowest BCUT2D eigenvalue weighted by Crippen LogP contribution is -2.32. The molecule has 6 heteroatoms. The van der Waals surface area contributed by atoms with Gasteiger partial charge in [-0.05, 0) is 28.8 Å². The molecule has 2 atom stereocenters. The normalized spacial score (nSPS) is 12.4. The molecule has 3 rings (SSSR count). The zero-order valence-electron chi connectivity index (χ0n) is 16.0. The number of methoxy groups -OCH3 is 1. The van der Waals surface area contributed by atoms with Gasteiger partial charge in [0.1, 0.15) is 18.4 Å². The summed E-state index contributed by atoms with van der Waals surface area (Å²) in [6.07, 6.45) is -0.620. The molecule has 3 aromatic rings. The van der Waals surface area contributed by atoms with Gasteiger partial charge >= 0.3 is 6.09 Å². The lowest BCUT2D eigenvalue weighted by molar-refractivity contribution is 0.134. The summed E-state index contributed by atoms with van der Waals surface area (Å²) in [5.41, 5.74) is 2.29. The van der Waals surface area contributed by atoms with Crippen LogP contribution in [-0.2, 0) is 11.3 Å². The highest BCUT2D eigenvalue weighted by Crippen LogP contribution is 2.33. The maximum atomic E-state index is 12.5. The summed E-state index contributed by atoms with van der Waals surface area (Å²) in [6, 6.07) is 24.1. The van der Waals surface area contributed by atoms with Gasteiger partial charge in [-0.2, -0.15) is 4.91 Å². The smallest absolute Gasteiger partial charge is 0.408 e. The van der Waals surface area contributed by atoms with Crippen molar-refractivity contribution in [3.8, 4) is 5.75 Å². The molecule has 0 fully saturated rings. The molecule has 3 aromatic carbocycles. The first kappa shape index (κ1) is 20.1. The highest BCUT2D eigenvalue weighted by atomic mass is 16.5. The monoisotopic (exact) mass is 390 g/mol. The van der Waals surface area contributed by atoms with Crippen LogP contribution in [0.25, 0.3) is 0 Å². The highest BCUT2D eigenvalue weighted by Gasteiger charge is 2.28. The fraction of sp³-hybridized carbons (Fsp3) is 0.174. The van der Waals surface area contributed by atoms with Crippen molar-refractivity contribution >= 4 is 6.09 Å². The first-order chi connectivity index (χ1) is 14.2. The summed E-state index contributed by atoms with van der Waals surface area (Å²) < 4.78 is 10.5. The quantitative estimate of drug-likeness (QED) is 0.538. The minimum atomic E-state index is -0.826. The van der Waals surface area contributed by atoms with Gasteiger partial charge in [0.25, 0.3) is 0 Å². The summed E-state index contributed by atoms with van der Waals surface area (Å²) >= 11 is 0. The predicted octanol–water partition coefficient (Wildman–Crippen LogP) is 5.17. The van der Waals surface area contributed by atoms with Crippen LogP contribution in [-0.4, -0.2) is 13.2 Å². The van der Waals surface area contributed by atoms with E-state index in [-0.39, 0.29) is 6.61 Å². The Morgan fingerprint density at radius 1 is 0.897 bits per heavy atom. The number of amides is 1. The van der Waals surface area contributed by atoms with Crippen molar-refractivity contribution < 1.29 is 14.3 Å². The number of carbonyl (C=O) groups is 1. The van der Waals surface area contributed by atoms with Crippen LogP contribution >= 0.6 is 0 Å². The Kier molecular flexibility index (Phi) is 6.95. The number of ether oxygens (including phenoxy) is 2. The van der Waals surface area contributed by atoms with Gasteiger partial charge in [-0.1, -0.05) is 78.0 Å². The molecule has 0 aromatic heterocycles. The van der Waals surface area contributed by atoms with Crippen molar-refractivity contribution in [3.63, 3.8) is 0 Å². The predicted molar refractivity (Wildman–Crippen MR) is 110 cm³/mol. The van der Waals surface area contributed by atoms with Crippen molar-refractivity contribution in [1.82, 2.24) is 5.32 Å². The van der Waals surface area contributed by atoms with E-state index in [2.05, 4.69) is 10.5 Å². The van der Waals surface area contributed by atoms with Crippen LogP contribution in [0.1, 0.15) is 28.8 Å². The first-order valence-electron chi connectivity index (χ1n) is 9.20. The van der Waals surface area contributed by atoms with E-state index in [1.165, 1.54) is 0 Å². The lowest BCUT2D eigenvalue weighted by Gasteiger charge is -2.24. The second-order valence-electron chi connectivity index (χ2n) is 6.42. The number of benzene rings is 3. The van der Waals surface area contributed by atoms with Crippen LogP contribution in [0.15, 0.2) is 90.1 Å². The van der Waals surface area contributed by atoms with Gasteiger partial charge in [-0.3, -0.25) is 0 Å². The molecule has 0 saturated heterocycles. The lowest BCUT2D eigenvalue weighted by atomic mass is 9.94. The topological polar surface area (TPSA) is 77.0 Å². The van der Waals surface area contributed by atoms with Crippen LogP contribution in [0.3, 0.4) is 0 Å². The number of rotatable bonds is 8. The molecule has 0 aliphatic rings. The van der Waals surface area contributed by atoms with Gasteiger partial charge in [-0.15, -0.1) is 0 Å². The summed E-state index contributed by atoms with van der Waals surface area (Å²) in [6.45, 7) is 0.135. The molecular weight excluding hydrogens is 368 g/mol. The largest absolute Gasteiger partial charge is 0.497 e. The van der Waals surface area contributed by atoms with Crippen LogP contribution < -0.4 is 10.1 Å². The van der Waals surface area contributed by atoms with Gasteiger partial charge in [0, 0.05) is 0 Å². The summed E-state index contributed by atoms with van der Waals surface area (Å²) in [7, 11) is 1.57. The van der Waals surface area contributed by atoms with E-state index in [4.69, 9.17) is 9.47 Å². The minimum absolute atomic E-state index is 0.135. The van der Waals surface area contributed by atoms with Crippen molar-refractivity contribution in [3.05, 3.63) is 107 Å². The summed E-state index contributed by atoms with van der Waals surface area (Å²) in [4.78, 5) is 24.2. The standard InChI is InChI=1S/C23H22N2O4/c1-28-20-14-12-19(13-15-20)22(25-27)21(18-10-6-3-7-11-18)24-23(26)29-16-17-8-4-2-5-9-17/h2-15,21-22H,16H2,1H3,(H,24,26)/t21-,22?/m0/s1. The van der Waals surface area contributed by atoms with Gasteiger partial charge < -0.3 is 14.8 Å². The molecule has 1 N–H and O–H groups in total. The molecule has 0 spiro atoms. The number of nitrogens with zero attached hydrogens (tertiary/aromatic N) is 1. The van der Waals surface area contributed by atoms with Crippen LogP contribution in [0.5, 0.6) is 5.75 Å². The Morgan fingerprint density at radius 3 is 2.10 bits per heavy atom. The van der Waals surface area contributed by atoms with Gasteiger partial charge in [0.2, 0.25) is 0 Å². The van der Waals surface area contributed by atoms with E-state index in [1.807, 2.05) is 60.7 Å². The molecule has 0 aliphatic carbocycles. The number of hydrogen-bond donors (Lipinski definition) is 1. The van der Waals surface area contributed by atoms with Crippen molar-refractivity contribution in [2.24, 2.45) is 5.18 Å². The second kappa shape index (κ2) is 10.0. The molecular formula is C23H22N2O4. The van der Waals surface area contributed by atoms with Gasteiger partial charge in [-0.25, -0.2) is 4.79 Å². The number of nitrogens with one attached hydrogen (secondary N) is 1. The number of hydrogen-bond acceptors (Lipinski definition) is 5. The van der Waals surface area contributed by atoms with E-state index in [0.717, 1.165) is 11.1 Å². The third-order valence-corrected chi connectivity index (χ3v) is 4.53. The molecule has 6 nitrogen and oxygen atoms in total. The molecule has 148 valence electrons. The number of carbonyl (C=O) groups excluding carboxylic acids is 1. The Labute approximate surface area is 169 Å². The Bertz CT molecular complexity index is 915. The third-order valence-electron chi connectivity index (χ3n) is 4.53. The van der Waals surface area contributed by atoms with Crippen LogP contribution in [0.4, 0.5) is 4.79 Å². The van der Waals surface area contributed by atoms with Crippen molar-refractivity contribution in [2.75, 3.05) is 7.11 Å². The third kappa shape index (κ3) is 5.42. The second-order valence-corrected chi connectivity index (χ2v) is 6.42.